The van der Waals surface area contributed by atoms with Gasteiger partial charge in [0.2, 0.25) is 11.8 Å². The van der Waals surface area contributed by atoms with Crippen LogP contribution in [0.3, 0.4) is 0 Å². The van der Waals surface area contributed by atoms with E-state index < -0.39 is 37.2 Å². The van der Waals surface area contributed by atoms with Crippen LogP contribution in [0.15, 0.2) is 54.7 Å². The van der Waals surface area contributed by atoms with E-state index in [4.69, 9.17) is 14.5 Å². The first-order valence-electron chi connectivity index (χ1n) is 14.4. The molecular formula is C30H38N5O10P. The van der Waals surface area contributed by atoms with Crippen LogP contribution in [0.5, 0.6) is 5.75 Å². The van der Waals surface area contributed by atoms with Crippen molar-refractivity contribution >= 4 is 31.6 Å². The van der Waals surface area contributed by atoms with Gasteiger partial charge >= 0.3 is 19.8 Å². The quantitative estimate of drug-likeness (QED) is 0.0801. The first-order valence-corrected chi connectivity index (χ1v) is 15.9. The molecule has 0 aliphatic carbocycles. The van der Waals surface area contributed by atoms with Crippen molar-refractivity contribution in [3.05, 3.63) is 65.9 Å². The molecule has 0 saturated heterocycles. The lowest BCUT2D eigenvalue weighted by Crippen LogP contribution is -2.43. The van der Waals surface area contributed by atoms with Crippen LogP contribution in [0, 0.1) is 0 Å². The lowest BCUT2D eigenvalue weighted by molar-refractivity contribution is -0.148. The smallest absolute Gasteiger partial charge is 0.479 e. The molecule has 3 aromatic rings. The Bertz CT molecular complexity index is 1570. The van der Waals surface area contributed by atoms with Crippen molar-refractivity contribution in [1.29, 1.82) is 0 Å². The second-order valence-corrected chi connectivity index (χ2v) is 12.0. The molecule has 1 aromatic heterocycles. The number of carboxylic acids is 1. The third kappa shape index (κ3) is 10.5. The summed E-state index contributed by atoms with van der Waals surface area (Å²) in [7, 11) is -3.52. The molecule has 0 saturated carbocycles. The first-order chi connectivity index (χ1) is 21.7. The molecule has 2 aromatic carbocycles. The van der Waals surface area contributed by atoms with Crippen molar-refractivity contribution in [2.75, 3.05) is 13.7 Å². The van der Waals surface area contributed by atoms with Gasteiger partial charge in [-0.05, 0) is 55.9 Å². The molecule has 46 heavy (non-hydrogen) atoms. The number of aromatic nitrogens is 3. The van der Waals surface area contributed by atoms with Crippen molar-refractivity contribution in [2.24, 2.45) is 0 Å². The van der Waals surface area contributed by atoms with E-state index in [9.17, 15) is 28.8 Å². The Balaban J connectivity index is 1.67. The summed E-state index contributed by atoms with van der Waals surface area (Å²) in [5.74, 6) is -2.37. The van der Waals surface area contributed by atoms with Crippen LogP contribution in [0.4, 0.5) is 0 Å². The van der Waals surface area contributed by atoms with Gasteiger partial charge in [0, 0.05) is 31.9 Å². The number of aryl methyl sites for hydroxylation is 1. The molecule has 2 atom stereocenters. The number of rotatable bonds is 17. The van der Waals surface area contributed by atoms with E-state index in [1.165, 1.54) is 43.0 Å². The van der Waals surface area contributed by atoms with E-state index in [0.29, 0.717) is 36.2 Å². The number of phosphoric ester groups is 1. The average molecular weight is 660 g/mol. The Hall–Kier alpha value is -4.59. The van der Waals surface area contributed by atoms with E-state index in [1.54, 1.807) is 31.3 Å². The number of ether oxygens (including phenoxy) is 1. The van der Waals surface area contributed by atoms with E-state index in [1.807, 2.05) is 6.07 Å². The minimum Gasteiger partial charge on any atom is -0.479 e. The molecule has 16 heteroatoms. The highest BCUT2D eigenvalue weighted by Crippen LogP contribution is 2.37. The fourth-order valence-corrected chi connectivity index (χ4v) is 5.10. The highest BCUT2D eigenvalue weighted by atomic mass is 31.2. The molecule has 0 fully saturated rings. The minimum absolute atomic E-state index is 0.00878. The normalized spacial score (nSPS) is 13.2. The molecule has 15 nitrogen and oxygen atoms in total. The van der Waals surface area contributed by atoms with Gasteiger partial charge in [-0.2, -0.15) is 0 Å². The van der Waals surface area contributed by atoms with E-state index >= 15 is 0 Å². The molecule has 1 heterocycles. The molecule has 0 unspecified atom stereocenters. The third-order valence-corrected chi connectivity index (χ3v) is 7.70. The second-order valence-electron chi connectivity index (χ2n) is 10.8. The summed E-state index contributed by atoms with van der Waals surface area (Å²) in [6.07, 6.45) is 3.30. The number of phosphoric acid groups is 1. The molecule has 0 bridgehead atoms. The number of esters is 1. The second kappa shape index (κ2) is 16.1. The van der Waals surface area contributed by atoms with Crippen LogP contribution >= 0.6 is 7.82 Å². The van der Waals surface area contributed by atoms with Crippen molar-refractivity contribution in [3.63, 3.8) is 0 Å². The summed E-state index contributed by atoms with van der Waals surface area (Å²) in [6.45, 7) is 3.42. The highest BCUT2D eigenvalue weighted by Gasteiger charge is 2.36. The number of methoxy groups -OCH3 is 1. The van der Waals surface area contributed by atoms with Gasteiger partial charge in [-0.3, -0.25) is 19.4 Å². The Kier molecular flexibility index (Phi) is 12.6. The molecule has 0 radical (unpaired) electrons. The van der Waals surface area contributed by atoms with Gasteiger partial charge in [0.05, 0.1) is 13.3 Å². The Morgan fingerprint density at radius 3 is 2.39 bits per heavy atom. The summed E-state index contributed by atoms with van der Waals surface area (Å²) in [6, 6.07) is 11.9. The number of carbonyl (C=O) groups excluding carboxylic acids is 3. The van der Waals surface area contributed by atoms with Gasteiger partial charge in [0.25, 0.3) is 0 Å². The fourth-order valence-electron chi connectivity index (χ4n) is 4.70. The Morgan fingerprint density at radius 1 is 1.07 bits per heavy atom. The van der Waals surface area contributed by atoms with Gasteiger partial charge in [0.1, 0.15) is 17.5 Å². The van der Waals surface area contributed by atoms with Crippen molar-refractivity contribution < 1.29 is 47.9 Å². The van der Waals surface area contributed by atoms with Gasteiger partial charge < -0.3 is 25.0 Å². The van der Waals surface area contributed by atoms with Gasteiger partial charge in [0.15, 0.2) is 5.54 Å². The molecule has 248 valence electrons. The number of aliphatic carboxylic acids is 1. The fraction of sp³-hybridized carbons (Fsp3) is 0.400. The summed E-state index contributed by atoms with van der Waals surface area (Å²) in [5, 5.41) is 23.7. The number of nitrogens with zero attached hydrogens (tertiary/aromatic N) is 3. The zero-order valence-electron chi connectivity index (χ0n) is 25.7. The largest absolute Gasteiger partial charge is 0.524 e. The predicted octanol–water partition coefficient (Wildman–Crippen LogP) is 2.36. The monoisotopic (exact) mass is 659 g/mol. The number of benzene rings is 2. The number of carbonyl (C=O) groups is 4. The van der Waals surface area contributed by atoms with Crippen LogP contribution in [-0.4, -0.2) is 73.3 Å². The molecule has 2 amide bonds. The van der Waals surface area contributed by atoms with Gasteiger partial charge in [-0.1, -0.05) is 41.6 Å². The minimum atomic E-state index is -4.72. The van der Waals surface area contributed by atoms with Gasteiger partial charge in [-0.15, -0.1) is 5.10 Å². The Morgan fingerprint density at radius 2 is 1.76 bits per heavy atom. The van der Waals surface area contributed by atoms with Crippen molar-refractivity contribution in [3.8, 4) is 17.0 Å². The molecule has 3 rings (SSSR count). The van der Waals surface area contributed by atoms with E-state index in [0.717, 1.165) is 5.56 Å². The SMILES string of the molecule is COC(=O)[C@@H](Cc1ccc(OP(=O)(O)O)cc1)NC(=O)CCc1ccccc1-c1cn([C@@](C)(CCCCNC(C)=O)C(=O)O)nn1. The zero-order chi connectivity index (χ0) is 33.9. The maximum Gasteiger partial charge on any atom is 0.524 e. The molecular weight excluding hydrogens is 621 g/mol. The molecule has 0 aliphatic rings. The number of amides is 2. The van der Waals surface area contributed by atoms with Crippen LogP contribution in [-0.2, 0) is 46.9 Å². The van der Waals surface area contributed by atoms with Crippen molar-refractivity contribution in [1.82, 2.24) is 25.6 Å². The highest BCUT2D eigenvalue weighted by molar-refractivity contribution is 7.46. The summed E-state index contributed by atoms with van der Waals surface area (Å²) >= 11 is 0. The summed E-state index contributed by atoms with van der Waals surface area (Å²) < 4.78 is 21.7. The third-order valence-electron chi connectivity index (χ3n) is 7.25. The summed E-state index contributed by atoms with van der Waals surface area (Å²) in [5.41, 5.74) is 1.07. The number of nitrogens with one attached hydrogen (secondary N) is 2. The van der Waals surface area contributed by atoms with Crippen molar-refractivity contribution in [2.45, 2.75) is 64.0 Å². The molecule has 5 N–H and O–H groups in total. The first kappa shape index (κ1) is 35.9. The molecule has 0 spiro atoms. The molecule has 0 aliphatic heterocycles. The topological polar surface area (TPSA) is 219 Å². The summed E-state index contributed by atoms with van der Waals surface area (Å²) in [4.78, 5) is 66.6. The van der Waals surface area contributed by atoms with Crippen LogP contribution in [0.2, 0.25) is 0 Å². The Labute approximate surface area is 265 Å². The lowest BCUT2D eigenvalue weighted by atomic mass is 9.95. The van der Waals surface area contributed by atoms with E-state index in [-0.39, 0.29) is 37.3 Å². The maximum absolute atomic E-state index is 12.9. The number of carboxylic acid groups (broad SMARTS) is 1. The predicted molar refractivity (Wildman–Crippen MR) is 164 cm³/mol. The number of hydrogen-bond acceptors (Lipinski definition) is 9. The lowest BCUT2D eigenvalue weighted by Gasteiger charge is -2.24. The number of hydrogen-bond donors (Lipinski definition) is 5. The van der Waals surface area contributed by atoms with Crippen LogP contribution in [0.25, 0.3) is 11.3 Å². The number of unbranched alkanes of at least 4 members (excludes halogenated alkanes) is 1. The average Bonchev–Trinajstić information content (AvgIpc) is 3.50. The zero-order valence-corrected chi connectivity index (χ0v) is 26.6. The van der Waals surface area contributed by atoms with Crippen LogP contribution < -0.4 is 15.2 Å². The maximum atomic E-state index is 12.9. The van der Waals surface area contributed by atoms with Crippen LogP contribution in [0.1, 0.15) is 50.7 Å². The standard InChI is InChI=1S/C30H38N5O10P/c1-20(36)31-17-7-6-16-30(2,29(39)40)35-19-26(33-34-35)24-9-5-4-8-22(24)12-15-27(37)32-25(28(38)44-3)18-21-10-13-23(14-11-21)45-46(41,42)43/h4-5,8-11,13-14,19,25H,6-7,12,15-18H2,1-3H3,(H,31,36)(H,32,37)(H,39,40)(H2,41,42,43)/t25-,30+/m1/s1. The van der Waals surface area contributed by atoms with E-state index in [2.05, 4.69) is 25.5 Å². The van der Waals surface area contributed by atoms with Gasteiger partial charge in [-0.25, -0.2) is 18.8 Å².